The highest BCUT2D eigenvalue weighted by atomic mass is 16.1. The second-order valence-electron chi connectivity index (χ2n) is 6.85. The Bertz CT molecular complexity index is 288. The third-order valence-corrected chi connectivity index (χ3v) is 4.34. The van der Waals surface area contributed by atoms with Gasteiger partial charge < -0.3 is 11.1 Å². The number of primary amides is 1. The molecule has 0 heterocycles. The minimum atomic E-state index is -0.490. The standard InChI is InChI=1S/C15H30N2O/c1-10(2)9-17-15(14(16)18)8-12(5)6-7-13(15)11(3)4/h10-13,17H,6-9H2,1-5H3,(H2,16,18). The Morgan fingerprint density at radius 2 is 1.94 bits per heavy atom. The fourth-order valence-corrected chi connectivity index (χ4v) is 3.38. The van der Waals surface area contributed by atoms with Gasteiger partial charge in [-0.1, -0.05) is 41.0 Å². The highest BCUT2D eigenvalue weighted by Crippen LogP contribution is 2.41. The van der Waals surface area contributed by atoms with Crippen molar-refractivity contribution in [2.45, 2.75) is 59.4 Å². The third kappa shape index (κ3) is 3.25. The summed E-state index contributed by atoms with van der Waals surface area (Å²) in [6, 6.07) is 0. The second kappa shape index (κ2) is 6.05. The van der Waals surface area contributed by atoms with Crippen molar-refractivity contribution in [3.05, 3.63) is 0 Å². The van der Waals surface area contributed by atoms with Crippen molar-refractivity contribution in [3.63, 3.8) is 0 Å². The summed E-state index contributed by atoms with van der Waals surface area (Å²) in [5.74, 6) is 1.81. The molecule has 18 heavy (non-hydrogen) atoms. The monoisotopic (exact) mass is 254 g/mol. The number of hydrogen-bond donors (Lipinski definition) is 2. The van der Waals surface area contributed by atoms with Crippen molar-refractivity contribution in [1.82, 2.24) is 5.32 Å². The zero-order valence-electron chi connectivity index (χ0n) is 12.6. The number of amides is 1. The van der Waals surface area contributed by atoms with Crippen molar-refractivity contribution < 1.29 is 4.79 Å². The molecule has 1 amide bonds. The van der Waals surface area contributed by atoms with Crippen molar-refractivity contribution >= 4 is 5.91 Å². The van der Waals surface area contributed by atoms with Gasteiger partial charge in [-0.2, -0.15) is 0 Å². The van der Waals surface area contributed by atoms with E-state index in [4.69, 9.17) is 5.73 Å². The summed E-state index contributed by atoms with van der Waals surface area (Å²) in [7, 11) is 0. The van der Waals surface area contributed by atoms with E-state index < -0.39 is 5.54 Å². The zero-order chi connectivity index (χ0) is 13.9. The van der Waals surface area contributed by atoms with Gasteiger partial charge in [-0.15, -0.1) is 0 Å². The van der Waals surface area contributed by atoms with Crippen LogP contribution in [0.5, 0.6) is 0 Å². The van der Waals surface area contributed by atoms with E-state index in [2.05, 4.69) is 39.9 Å². The van der Waals surface area contributed by atoms with E-state index in [1.165, 1.54) is 6.42 Å². The molecule has 0 aromatic heterocycles. The molecule has 1 rings (SSSR count). The number of rotatable bonds is 5. The summed E-state index contributed by atoms with van der Waals surface area (Å²) in [6.45, 7) is 11.8. The number of nitrogens with two attached hydrogens (primary N) is 1. The van der Waals surface area contributed by atoms with Crippen LogP contribution in [0.4, 0.5) is 0 Å². The van der Waals surface area contributed by atoms with Crippen LogP contribution in [0, 0.1) is 23.7 Å². The smallest absolute Gasteiger partial charge is 0.238 e. The molecule has 0 radical (unpaired) electrons. The van der Waals surface area contributed by atoms with Crippen LogP contribution in [0.3, 0.4) is 0 Å². The van der Waals surface area contributed by atoms with E-state index in [0.29, 0.717) is 23.7 Å². The van der Waals surface area contributed by atoms with Crippen LogP contribution in [-0.2, 0) is 4.79 Å². The molecule has 0 spiro atoms. The van der Waals surface area contributed by atoms with E-state index in [1.807, 2.05) is 0 Å². The van der Waals surface area contributed by atoms with E-state index in [-0.39, 0.29) is 5.91 Å². The lowest BCUT2D eigenvalue weighted by Gasteiger charge is -2.47. The van der Waals surface area contributed by atoms with Gasteiger partial charge in [0, 0.05) is 0 Å². The lowest BCUT2D eigenvalue weighted by Crippen LogP contribution is -2.64. The number of carbonyl (C=O) groups is 1. The van der Waals surface area contributed by atoms with Gasteiger partial charge >= 0.3 is 0 Å². The lowest BCUT2D eigenvalue weighted by atomic mass is 9.64. The first-order chi connectivity index (χ1) is 8.29. The minimum Gasteiger partial charge on any atom is -0.368 e. The summed E-state index contributed by atoms with van der Waals surface area (Å²) in [5, 5.41) is 3.52. The summed E-state index contributed by atoms with van der Waals surface area (Å²) in [5.41, 5.74) is 5.29. The van der Waals surface area contributed by atoms with Gasteiger partial charge in [0.2, 0.25) is 5.91 Å². The minimum absolute atomic E-state index is 0.159. The molecule has 3 heteroatoms. The topological polar surface area (TPSA) is 55.1 Å². The van der Waals surface area contributed by atoms with Gasteiger partial charge in [0.1, 0.15) is 5.54 Å². The van der Waals surface area contributed by atoms with Crippen LogP contribution in [-0.4, -0.2) is 18.0 Å². The fourth-order valence-electron chi connectivity index (χ4n) is 3.38. The predicted octanol–water partition coefficient (Wildman–Crippen LogP) is 2.55. The van der Waals surface area contributed by atoms with Crippen LogP contribution in [0.1, 0.15) is 53.9 Å². The first kappa shape index (κ1) is 15.5. The van der Waals surface area contributed by atoms with E-state index in [9.17, 15) is 4.79 Å². The molecule has 3 unspecified atom stereocenters. The van der Waals surface area contributed by atoms with Crippen LogP contribution >= 0.6 is 0 Å². The average molecular weight is 254 g/mol. The highest BCUT2D eigenvalue weighted by molar-refractivity contribution is 5.85. The SMILES string of the molecule is CC(C)CNC1(C(N)=O)CC(C)CCC1C(C)C. The average Bonchev–Trinajstić information content (AvgIpc) is 2.25. The van der Waals surface area contributed by atoms with E-state index >= 15 is 0 Å². The van der Waals surface area contributed by atoms with Gasteiger partial charge in [-0.25, -0.2) is 0 Å². The molecule has 3 N–H and O–H groups in total. The van der Waals surface area contributed by atoms with Crippen LogP contribution in [0.15, 0.2) is 0 Å². The third-order valence-electron chi connectivity index (χ3n) is 4.34. The molecule has 0 aromatic rings. The van der Waals surface area contributed by atoms with Gasteiger partial charge in [0.05, 0.1) is 0 Å². The van der Waals surface area contributed by atoms with Crippen LogP contribution < -0.4 is 11.1 Å². The highest BCUT2D eigenvalue weighted by Gasteiger charge is 2.48. The number of nitrogens with one attached hydrogen (secondary N) is 1. The van der Waals surface area contributed by atoms with Crippen LogP contribution in [0.25, 0.3) is 0 Å². The molecule has 106 valence electrons. The Balaban J connectivity index is 2.97. The zero-order valence-corrected chi connectivity index (χ0v) is 12.6. The Morgan fingerprint density at radius 1 is 1.33 bits per heavy atom. The van der Waals surface area contributed by atoms with E-state index in [0.717, 1.165) is 19.4 Å². The van der Waals surface area contributed by atoms with Gasteiger partial charge in [-0.05, 0) is 43.1 Å². The molecule has 1 aliphatic rings. The molecule has 1 saturated carbocycles. The largest absolute Gasteiger partial charge is 0.368 e. The lowest BCUT2D eigenvalue weighted by molar-refractivity contribution is -0.130. The molecule has 3 atom stereocenters. The normalized spacial score (nSPS) is 33.1. The Morgan fingerprint density at radius 3 is 2.39 bits per heavy atom. The maximum atomic E-state index is 12.1. The van der Waals surface area contributed by atoms with Crippen molar-refractivity contribution in [3.8, 4) is 0 Å². The molecule has 0 aromatic carbocycles. The number of hydrogen-bond acceptors (Lipinski definition) is 2. The second-order valence-corrected chi connectivity index (χ2v) is 6.85. The summed E-state index contributed by atoms with van der Waals surface area (Å²) < 4.78 is 0. The van der Waals surface area contributed by atoms with Gasteiger partial charge in [0.25, 0.3) is 0 Å². The molecular weight excluding hydrogens is 224 g/mol. The molecular formula is C15H30N2O. The summed E-state index contributed by atoms with van der Waals surface area (Å²) in [4.78, 5) is 12.1. The summed E-state index contributed by atoms with van der Waals surface area (Å²) in [6.07, 6.45) is 3.20. The quantitative estimate of drug-likeness (QED) is 0.792. The molecule has 1 fully saturated rings. The molecule has 0 aliphatic heterocycles. The fraction of sp³-hybridized carbons (Fsp3) is 0.933. The summed E-state index contributed by atoms with van der Waals surface area (Å²) >= 11 is 0. The van der Waals surface area contributed by atoms with E-state index in [1.54, 1.807) is 0 Å². The van der Waals surface area contributed by atoms with Crippen molar-refractivity contribution in [1.29, 1.82) is 0 Å². The molecule has 1 aliphatic carbocycles. The molecule has 0 saturated heterocycles. The maximum absolute atomic E-state index is 12.1. The van der Waals surface area contributed by atoms with Crippen molar-refractivity contribution in [2.75, 3.05) is 6.54 Å². The molecule has 3 nitrogen and oxygen atoms in total. The molecule has 0 bridgehead atoms. The predicted molar refractivity (Wildman–Crippen MR) is 76.1 cm³/mol. The Labute approximate surface area is 112 Å². The van der Waals surface area contributed by atoms with Gasteiger partial charge in [0.15, 0.2) is 0 Å². The maximum Gasteiger partial charge on any atom is 0.238 e. The number of carbonyl (C=O) groups excluding carboxylic acids is 1. The Kier molecular flexibility index (Phi) is 5.20. The van der Waals surface area contributed by atoms with Crippen molar-refractivity contribution in [2.24, 2.45) is 29.4 Å². The van der Waals surface area contributed by atoms with Gasteiger partial charge in [-0.3, -0.25) is 4.79 Å². The Hall–Kier alpha value is -0.570. The first-order valence-corrected chi connectivity index (χ1v) is 7.34. The van der Waals surface area contributed by atoms with Crippen LogP contribution in [0.2, 0.25) is 0 Å². The first-order valence-electron chi connectivity index (χ1n) is 7.34.